The van der Waals surface area contributed by atoms with Gasteiger partial charge in [-0.15, -0.1) is 0 Å². The summed E-state index contributed by atoms with van der Waals surface area (Å²) in [6.45, 7) is 0. The molecule has 0 atom stereocenters. The molecule has 4 heteroatoms. The first-order valence-corrected chi connectivity index (χ1v) is 4.56. The smallest absolute Gasteiger partial charge is 0.296 e. The molecule has 1 aliphatic rings. The standard InChI is InChI=1S/C9H12N2O2/c12-8-5-6-10-9(11-8)13-7-3-1-2-4-7/h5-7H,1-4H2,(H,10,11,12). The van der Waals surface area contributed by atoms with Gasteiger partial charge in [0.2, 0.25) is 0 Å². The van der Waals surface area contributed by atoms with Crippen LogP contribution in [0.2, 0.25) is 0 Å². The average Bonchev–Trinajstić information content (AvgIpc) is 2.57. The number of H-pyrrole nitrogens is 1. The molecule has 1 heterocycles. The van der Waals surface area contributed by atoms with Crippen molar-refractivity contribution >= 4 is 0 Å². The van der Waals surface area contributed by atoms with Crippen molar-refractivity contribution < 1.29 is 4.74 Å². The monoisotopic (exact) mass is 180 g/mol. The summed E-state index contributed by atoms with van der Waals surface area (Å²) in [5, 5.41) is 0. The predicted molar refractivity (Wildman–Crippen MR) is 47.7 cm³/mol. The minimum absolute atomic E-state index is 0.164. The van der Waals surface area contributed by atoms with E-state index in [1.807, 2.05) is 0 Å². The van der Waals surface area contributed by atoms with Crippen molar-refractivity contribution in [3.8, 4) is 6.01 Å². The molecule has 1 aliphatic carbocycles. The van der Waals surface area contributed by atoms with Crippen molar-refractivity contribution in [2.75, 3.05) is 0 Å². The summed E-state index contributed by atoms with van der Waals surface area (Å²) in [4.78, 5) is 17.4. The van der Waals surface area contributed by atoms with Gasteiger partial charge in [0.25, 0.3) is 11.6 Å². The third-order valence-corrected chi connectivity index (χ3v) is 2.23. The summed E-state index contributed by atoms with van der Waals surface area (Å²) in [7, 11) is 0. The van der Waals surface area contributed by atoms with E-state index in [2.05, 4.69) is 9.97 Å². The first-order chi connectivity index (χ1) is 6.34. The summed E-state index contributed by atoms with van der Waals surface area (Å²) in [6.07, 6.45) is 6.26. The van der Waals surface area contributed by atoms with Crippen LogP contribution in [0.5, 0.6) is 6.01 Å². The fourth-order valence-corrected chi connectivity index (χ4v) is 1.58. The Morgan fingerprint density at radius 1 is 1.46 bits per heavy atom. The van der Waals surface area contributed by atoms with Crippen LogP contribution in [0.4, 0.5) is 0 Å². The van der Waals surface area contributed by atoms with Crippen molar-refractivity contribution in [2.24, 2.45) is 0 Å². The van der Waals surface area contributed by atoms with E-state index in [9.17, 15) is 4.79 Å². The highest BCUT2D eigenvalue weighted by molar-refractivity contribution is 4.95. The largest absolute Gasteiger partial charge is 0.461 e. The van der Waals surface area contributed by atoms with Gasteiger partial charge in [0.1, 0.15) is 6.10 Å². The molecule has 70 valence electrons. The first kappa shape index (κ1) is 8.29. The molecule has 0 spiro atoms. The van der Waals surface area contributed by atoms with Gasteiger partial charge in [-0.25, -0.2) is 4.98 Å². The van der Waals surface area contributed by atoms with E-state index >= 15 is 0 Å². The lowest BCUT2D eigenvalue weighted by molar-refractivity contribution is 0.191. The molecule has 0 radical (unpaired) electrons. The van der Waals surface area contributed by atoms with Crippen LogP contribution in [0, 0.1) is 0 Å². The quantitative estimate of drug-likeness (QED) is 0.741. The molecule has 0 bridgehead atoms. The van der Waals surface area contributed by atoms with Crippen LogP contribution in [0.15, 0.2) is 17.1 Å². The Morgan fingerprint density at radius 2 is 2.23 bits per heavy atom. The number of aromatic amines is 1. The van der Waals surface area contributed by atoms with Crippen LogP contribution in [0.25, 0.3) is 0 Å². The molecule has 0 aliphatic heterocycles. The summed E-state index contributed by atoms with van der Waals surface area (Å²) in [5.41, 5.74) is -0.164. The van der Waals surface area contributed by atoms with Gasteiger partial charge >= 0.3 is 0 Å². The highest BCUT2D eigenvalue weighted by Gasteiger charge is 2.16. The Morgan fingerprint density at radius 3 is 2.92 bits per heavy atom. The first-order valence-electron chi connectivity index (χ1n) is 4.56. The van der Waals surface area contributed by atoms with Crippen LogP contribution in [0.3, 0.4) is 0 Å². The maximum Gasteiger partial charge on any atom is 0.296 e. The maximum atomic E-state index is 10.9. The Balaban J connectivity index is 2.04. The number of hydrogen-bond acceptors (Lipinski definition) is 3. The Hall–Kier alpha value is -1.32. The van der Waals surface area contributed by atoms with Crippen LogP contribution in [-0.2, 0) is 0 Å². The van der Waals surface area contributed by atoms with Crippen molar-refractivity contribution in [2.45, 2.75) is 31.8 Å². The third-order valence-electron chi connectivity index (χ3n) is 2.23. The summed E-state index contributed by atoms with van der Waals surface area (Å²) < 4.78 is 5.49. The highest BCUT2D eigenvalue weighted by Crippen LogP contribution is 2.21. The van der Waals surface area contributed by atoms with Gasteiger partial charge in [-0.1, -0.05) is 0 Å². The number of hydrogen-bond donors (Lipinski definition) is 1. The van der Waals surface area contributed by atoms with E-state index in [0.717, 1.165) is 12.8 Å². The second-order valence-electron chi connectivity index (χ2n) is 3.26. The van der Waals surface area contributed by atoms with Crippen LogP contribution >= 0.6 is 0 Å². The molecular weight excluding hydrogens is 168 g/mol. The molecule has 1 aromatic rings. The third kappa shape index (κ3) is 2.08. The average molecular weight is 180 g/mol. The second-order valence-corrected chi connectivity index (χ2v) is 3.26. The molecular formula is C9H12N2O2. The summed E-state index contributed by atoms with van der Waals surface area (Å²) >= 11 is 0. The van der Waals surface area contributed by atoms with Crippen molar-refractivity contribution in [3.63, 3.8) is 0 Å². The van der Waals surface area contributed by atoms with E-state index in [1.54, 1.807) is 0 Å². The molecule has 2 rings (SSSR count). The minimum Gasteiger partial charge on any atom is -0.461 e. The molecule has 1 N–H and O–H groups in total. The van der Waals surface area contributed by atoms with Crippen LogP contribution in [-0.4, -0.2) is 16.1 Å². The lowest BCUT2D eigenvalue weighted by atomic mass is 10.3. The zero-order valence-electron chi connectivity index (χ0n) is 7.32. The lowest BCUT2D eigenvalue weighted by Crippen LogP contribution is -2.16. The predicted octanol–water partition coefficient (Wildman–Crippen LogP) is 1.09. The zero-order chi connectivity index (χ0) is 9.10. The number of nitrogens with zero attached hydrogens (tertiary/aromatic N) is 1. The van der Waals surface area contributed by atoms with E-state index in [1.165, 1.54) is 25.1 Å². The lowest BCUT2D eigenvalue weighted by Gasteiger charge is -2.10. The van der Waals surface area contributed by atoms with E-state index in [0.29, 0.717) is 6.01 Å². The topological polar surface area (TPSA) is 55.0 Å². The maximum absolute atomic E-state index is 10.9. The molecule has 13 heavy (non-hydrogen) atoms. The summed E-state index contributed by atoms with van der Waals surface area (Å²) in [5.74, 6) is 0. The molecule has 1 fully saturated rings. The second kappa shape index (κ2) is 3.60. The number of aromatic nitrogens is 2. The summed E-state index contributed by atoms with van der Waals surface area (Å²) in [6, 6.07) is 1.72. The van der Waals surface area contributed by atoms with Crippen LogP contribution in [0.1, 0.15) is 25.7 Å². The molecule has 0 unspecified atom stereocenters. The normalized spacial score (nSPS) is 17.5. The van der Waals surface area contributed by atoms with Crippen molar-refractivity contribution in [3.05, 3.63) is 22.6 Å². The fourth-order valence-electron chi connectivity index (χ4n) is 1.58. The Labute approximate surface area is 76.0 Å². The van der Waals surface area contributed by atoms with Gasteiger partial charge in [-0.05, 0) is 25.7 Å². The van der Waals surface area contributed by atoms with Gasteiger partial charge in [-0.2, -0.15) is 0 Å². The number of ether oxygens (including phenoxy) is 1. The van der Waals surface area contributed by atoms with Gasteiger partial charge in [0.05, 0.1) is 0 Å². The van der Waals surface area contributed by atoms with Crippen molar-refractivity contribution in [1.29, 1.82) is 0 Å². The Kier molecular flexibility index (Phi) is 2.29. The minimum atomic E-state index is -0.164. The highest BCUT2D eigenvalue weighted by atomic mass is 16.5. The van der Waals surface area contributed by atoms with Gasteiger partial charge < -0.3 is 4.74 Å². The SMILES string of the molecule is O=c1ccnc(OC2CCCC2)[nH]1. The van der Waals surface area contributed by atoms with Crippen molar-refractivity contribution in [1.82, 2.24) is 9.97 Å². The molecule has 0 aromatic carbocycles. The zero-order valence-corrected chi connectivity index (χ0v) is 7.32. The van der Waals surface area contributed by atoms with E-state index in [4.69, 9.17) is 4.74 Å². The molecule has 0 saturated heterocycles. The van der Waals surface area contributed by atoms with E-state index < -0.39 is 0 Å². The molecule has 0 amide bonds. The van der Waals surface area contributed by atoms with E-state index in [-0.39, 0.29) is 11.7 Å². The van der Waals surface area contributed by atoms with Gasteiger partial charge in [0.15, 0.2) is 0 Å². The molecule has 1 aromatic heterocycles. The Bertz CT molecular complexity index is 328. The van der Waals surface area contributed by atoms with Gasteiger partial charge in [-0.3, -0.25) is 9.78 Å². The number of rotatable bonds is 2. The molecule has 1 saturated carbocycles. The molecule has 4 nitrogen and oxygen atoms in total. The fraction of sp³-hybridized carbons (Fsp3) is 0.556. The number of nitrogens with one attached hydrogen (secondary N) is 1. The van der Waals surface area contributed by atoms with Gasteiger partial charge in [0, 0.05) is 12.3 Å². The van der Waals surface area contributed by atoms with Crippen LogP contribution < -0.4 is 10.3 Å².